The van der Waals surface area contributed by atoms with Crippen molar-refractivity contribution < 1.29 is 24.9 Å². The molecule has 3 saturated carbocycles. The van der Waals surface area contributed by atoms with Gasteiger partial charge in [0.2, 0.25) is 0 Å². The number of aromatic carboxylic acids is 1. The molecular weight excluding hydrogens is 426 g/mol. The van der Waals surface area contributed by atoms with E-state index in [4.69, 9.17) is 0 Å². The Morgan fingerprint density at radius 2 is 1.66 bits per heavy atom. The Morgan fingerprint density at radius 1 is 1.03 bits per heavy atom. The van der Waals surface area contributed by atoms with E-state index in [-0.39, 0.29) is 24.0 Å². The van der Waals surface area contributed by atoms with Crippen LogP contribution in [0.2, 0.25) is 0 Å². The fourth-order valence-electron chi connectivity index (χ4n) is 5.87. The third-order valence-corrected chi connectivity index (χ3v) is 9.25. The second-order valence-electron chi connectivity index (χ2n) is 10.3. The number of carbonyl (C=O) groups is 2. The number of ketones is 1. The van der Waals surface area contributed by atoms with Crippen molar-refractivity contribution in [2.45, 2.75) is 108 Å². The lowest BCUT2D eigenvalue weighted by molar-refractivity contribution is -0.120. The Hall–Kier alpha value is -1.44. The van der Waals surface area contributed by atoms with Crippen LogP contribution >= 0.6 is 11.3 Å². The molecule has 1 atom stereocenters. The van der Waals surface area contributed by atoms with Crippen LogP contribution in [0.25, 0.3) is 0 Å². The van der Waals surface area contributed by atoms with Crippen molar-refractivity contribution in [1.82, 2.24) is 0 Å². The van der Waals surface area contributed by atoms with Gasteiger partial charge >= 0.3 is 5.97 Å². The van der Waals surface area contributed by atoms with Gasteiger partial charge in [-0.2, -0.15) is 0 Å². The van der Waals surface area contributed by atoms with Crippen molar-refractivity contribution in [2.75, 3.05) is 4.90 Å². The highest BCUT2D eigenvalue weighted by molar-refractivity contribution is 7.14. The fraction of sp³-hybridized carbons (Fsp3) is 0.760. The molecule has 1 aromatic heterocycles. The van der Waals surface area contributed by atoms with Gasteiger partial charge in [-0.3, -0.25) is 4.79 Å². The maximum absolute atomic E-state index is 12.3. The standard InChI is InChI=1S/C25H37NO5S/c1-15-2-4-17(5-3-15)24(29)26(18-8-12-20(28)13-9-18)21-14-22(32-23(21)25(30)31)16-6-10-19(27)11-7-16/h14-18,20,24,28-29H,2-13H2,1H3,(H,30,31). The number of anilines is 1. The molecule has 0 aromatic carbocycles. The minimum Gasteiger partial charge on any atom is -0.477 e. The van der Waals surface area contributed by atoms with Gasteiger partial charge in [0.05, 0.1) is 11.8 Å². The number of hydrogen-bond acceptors (Lipinski definition) is 6. The average molecular weight is 464 g/mol. The summed E-state index contributed by atoms with van der Waals surface area (Å²) in [4.78, 5) is 27.3. The molecule has 3 aliphatic rings. The van der Waals surface area contributed by atoms with Crippen molar-refractivity contribution >= 4 is 28.8 Å². The van der Waals surface area contributed by atoms with Crippen molar-refractivity contribution in [3.8, 4) is 0 Å². The van der Waals surface area contributed by atoms with Crippen molar-refractivity contribution in [3.63, 3.8) is 0 Å². The molecule has 0 amide bonds. The molecular formula is C25H37NO5S. The molecule has 4 rings (SSSR count). The normalized spacial score (nSPS) is 30.8. The SMILES string of the molecule is CC1CCC(C(O)N(c2cc(C3CCC(=O)CC3)sc2C(=O)O)C2CCC(O)CC2)CC1. The van der Waals surface area contributed by atoms with Gasteiger partial charge in [0.25, 0.3) is 0 Å². The summed E-state index contributed by atoms with van der Waals surface area (Å²) >= 11 is 1.32. The summed E-state index contributed by atoms with van der Waals surface area (Å²) in [7, 11) is 0. The van der Waals surface area contributed by atoms with Crippen LogP contribution in [0.5, 0.6) is 0 Å². The molecule has 178 valence electrons. The van der Waals surface area contributed by atoms with Gasteiger partial charge in [0, 0.05) is 29.7 Å². The number of nitrogens with zero attached hydrogens (tertiary/aromatic N) is 1. The van der Waals surface area contributed by atoms with E-state index in [0.717, 1.165) is 56.2 Å². The molecule has 7 heteroatoms. The van der Waals surface area contributed by atoms with Crippen LogP contribution in [0.4, 0.5) is 5.69 Å². The Morgan fingerprint density at radius 3 is 2.25 bits per heavy atom. The number of hydrogen-bond donors (Lipinski definition) is 3. The molecule has 0 spiro atoms. The molecule has 1 heterocycles. The Kier molecular flexibility index (Phi) is 7.58. The van der Waals surface area contributed by atoms with E-state index in [1.807, 2.05) is 11.0 Å². The van der Waals surface area contributed by atoms with E-state index in [0.29, 0.717) is 47.9 Å². The minimum absolute atomic E-state index is 0.0289. The van der Waals surface area contributed by atoms with E-state index < -0.39 is 12.2 Å². The Bertz CT molecular complexity index is 797. The number of Topliss-reactive ketones (excluding diaryl/α,β-unsaturated/α-hetero) is 1. The first-order valence-corrected chi connectivity index (χ1v) is 13.2. The number of rotatable bonds is 6. The van der Waals surface area contributed by atoms with Gasteiger partial charge in [0.1, 0.15) is 16.9 Å². The predicted molar refractivity (Wildman–Crippen MR) is 125 cm³/mol. The molecule has 3 aliphatic carbocycles. The van der Waals surface area contributed by atoms with Crippen LogP contribution in [0.15, 0.2) is 6.07 Å². The van der Waals surface area contributed by atoms with E-state index in [1.54, 1.807) is 0 Å². The van der Waals surface area contributed by atoms with E-state index in [1.165, 1.54) is 11.3 Å². The van der Waals surface area contributed by atoms with E-state index in [9.17, 15) is 24.9 Å². The first kappa shape index (κ1) is 23.7. The molecule has 3 fully saturated rings. The Labute approximate surface area is 194 Å². The number of carboxylic acids is 1. The summed E-state index contributed by atoms with van der Waals surface area (Å²) in [6.45, 7) is 2.26. The average Bonchev–Trinajstić information content (AvgIpc) is 3.21. The lowest BCUT2D eigenvalue weighted by atomic mass is 9.81. The molecule has 1 aromatic rings. The summed E-state index contributed by atoms with van der Waals surface area (Å²) in [5, 5.41) is 31.7. The minimum atomic E-state index is -0.951. The zero-order valence-corrected chi connectivity index (χ0v) is 19.9. The number of carbonyl (C=O) groups excluding carboxylic acids is 1. The first-order valence-electron chi connectivity index (χ1n) is 12.4. The monoisotopic (exact) mass is 463 g/mol. The second kappa shape index (κ2) is 10.2. The topological polar surface area (TPSA) is 98.1 Å². The maximum atomic E-state index is 12.3. The molecule has 32 heavy (non-hydrogen) atoms. The van der Waals surface area contributed by atoms with Crippen molar-refractivity contribution in [1.29, 1.82) is 0 Å². The highest BCUT2D eigenvalue weighted by atomic mass is 32.1. The van der Waals surface area contributed by atoms with Gasteiger partial charge in [-0.25, -0.2) is 4.79 Å². The van der Waals surface area contributed by atoms with Gasteiger partial charge in [-0.15, -0.1) is 11.3 Å². The third kappa shape index (κ3) is 5.20. The van der Waals surface area contributed by atoms with Crippen LogP contribution in [-0.4, -0.2) is 45.4 Å². The van der Waals surface area contributed by atoms with Gasteiger partial charge in [-0.05, 0) is 69.3 Å². The molecule has 1 unspecified atom stereocenters. The van der Waals surface area contributed by atoms with Crippen LogP contribution < -0.4 is 4.90 Å². The number of aliphatic hydroxyl groups excluding tert-OH is 2. The molecule has 0 saturated heterocycles. The molecule has 3 N–H and O–H groups in total. The highest BCUT2D eigenvalue weighted by Crippen LogP contribution is 2.44. The van der Waals surface area contributed by atoms with Crippen LogP contribution in [0.1, 0.15) is 104 Å². The van der Waals surface area contributed by atoms with E-state index >= 15 is 0 Å². The largest absolute Gasteiger partial charge is 0.477 e. The summed E-state index contributed by atoms with van der Waals surface area (Å²) in [6, 6.07) is 2.02. The van der Waals surface area contributed by atoms with Crippen molar-refractivity contribution in [2.24, 2.45) is 11.8 Å². The third-order valence-electron chi connectivity index (χ3n) is 7.98. The lowest BCUT2D eigenvalue weighted by Gasteiger charge is -2.44. The predicted octanol–water partition coefficient (Wildman–Crippen LogP) is 4.93. The van der Waals surface area contributed by atoms with Gasteiger partial charge < -0.3 is 20.2 Å². The summed E-state index contributed by atoms with van der Waals surface area (Å²) in [5.74, 6) is 0.366. The summed E-state index contributed by atoms with van der Waals surface area (Å²) < 4.78 is 0. The zero-order chi connectivity index (χ0) is 22.8. The van der Waals surface area contributed by atoms with Crippen molar-refractivity contribution in [3.05, 3.63) is 15.8 Å². The summed E-state index contributed by atoms with van der Waals surface area (Å²) in [6.07, 6.45) is 8.62. The molecule has 0 aliphatic heterocycles. The second-order valence-corrected chi connectivity index (χ2v) is 11.4. The van der Waals surface area contributed by atoms with Crippen LogP contribution in [-0.2, 0) is 4.79 Å². The molecule has 0 radical (unpaired) electrons. The smallest absolute Gasteiger partial charge is 0.348 e. The first-order chi connectivity index (χ1) is 15.3. The molecule has 0 bridgehead atoms. The number of thiophene rings is 1. The highest BCUT2D eigenvalue weighted by Gasteiger charge is 2.38. The van der Waals surface area contributed by atoms with Gasteiger partial charge in [0.15, 0.2) is 0 Å². The van der Waals surface area contributed by atoms with Gasteiger partial charge in [-0.1, -0.05) is 19.8 Å². The molecule has 6 nitrogen and oxygen atoms in total. The maximum Gasteiger partial charge on any atom is 0.348 e. The van der Waals surface area contributed by atoms with E-state index in [2.05, 4.69) is 6.92 Å². The Balaban J connectivity index is 1.66. The quantitative estimate of drug-likeness (QED) is 0.518. The number of carboxylic acid groups (broad SMARTS) is 1. The zero-order valence-electron chi connectivity index (χ0n) is 19.0. The fourth-order valence-corrected chi connectivity index (χ4v) is 7.04. The van der Waals surface area contributed by atoms with Crippen LogP contribution in [0, 0.1) is 11.8 Å². The number of aliphatic hydroxyl groups is 2. The van der Waals surface area contributed by atoms with Crippen LogP contribution in [0.3, 0.4) is 0 Å². The summed E-state index contributed by atoms with van der Waals surface area (Å²) in [5.41, 5.74) is 0.641. The lowest BCUT2D eigenvalue weighted by Crippen LogP contribution is -2.50.